The average molecular weight is 288 g/mol. The lowest BCUT2D eigenvalue weighted by Gasteiger charge is -2.22. The molecule has 1 atom stereocenters. The van der Waals surface area contributed by atoms with E-state index in [0.29, 0.717) is 17.9 Å². The summed E-state index contributed by atoms with van der Waals surface area (Å²) in [5.74, 6) is 0.438. The fraction of sp³-hybridized carbons (Fsp3) is 0.429. The lowest BCUT2D eigenvalue weighted by molar-refractivity contribution is -0.120. The van der Waals surface area contributed by atoms with Crippen molar-refractivity contribution in [2.24, 2.45) is 12.8 Å². The van der Waals surface area contributed by atoms with Crippen LogP contribution in [0.2, 0.25) is 0 Å². The molecule has 0 saturated carbocycles. The van der Waals surface area contributed by atoms with Crippen LogP contribution >= 0.6 is 0 Å². The zero-order chi connectivity index (χ0) is 15.5. The molecule has 0 aliphatic carbocycles. The molecule has 0 spiro atoms. The smallest absolute Gasteiger partial charge is 0.244 e. The molecule has 1 heterocycles. The monoisotopic (exact) mass is 288 g/mol. The molecule has 0 fully saturated rings. The van der Waals surface area contributed by atoms with Crippen molar-refractivity contribution in [3.05, 3.63) is 24.3 Å². The highest BCUT2D eigenvalue weighted by molar-refractivity contribution is 5.98. The van der Waals surface area contributed by atoms with Gasteiger partial charge in [-0.15, -0.1) is 5.10 Å². The molecule has 2 aromatic rings. The maximum absolute atomic E-state index is 12.2. The van der Waals surface area contributed by atoms with Gasteiger partial charge in [-0.3, -0.25) is 4.79 Å². The van der Waals surface area contributed by atoms with Crippen molar-refractivity contribution in [2.75, 3.05) is 5.32 Å². The number of carbonyl (C=O) groups excluding carboxylic acids is 1. The molecule has 0 aliphatic rings. The minimum absolute atomic E-state index is 0.197. The lowest BCUT2D eigenvalue weighted by atomic mass is 9.96. The topological polar surface area (TPSA) is 98.7 Å². The van der Waals surface area contributed by atoms with Gasteiger partial charge in [0.15, 0.2) is 5.82 Å². The summed E-state index contributed by atoms with van der Waals surface area (Å²) in [6, 6.07) is 7.36. The van der Waals surface area contributed by atoms with E-state index in [-0.39, 0.29) is 5.91 Å². The largest absolute Gasteiger partial charge is 0.324 e. The molecule has 3 N–H and O–H groups in total. The third-order valence-electron chi connectivity index (χ3n) is 3.29. The van der Waals surface area contributed by atoms with E-state index in [2.05, 4.69) is 20.8 Å². The van der Waals surface area contributed by atoms with Gasteiger partial charge >= 0.3 is 0 Å². The summed E-state index contributed by atoms with van der Waals surface area (Å²) in [6.07, 6.45) is 1.48. The molecule has 7 nitrogen and oxygen atoms in total. The Labute approximate surface area is 123 Å². The van der Waals surface area contributed by atoms with Gasteiger partial charge in [-0.25, -0.2) is 4.68 Å². The highest BCUT2D eigenvalue weighted by Crippen LogP contribution is 2.20. The molecule has 0 aliphatic heterocycles. The zero-order valence-corrected chi connectivity index (χ0v) is 12.5. The molecule has 1 aromatic carbocycles. The van der Waals surface area contributed by atoms with Gasteiger partial charge in [-0.1, -0.05) is 25.5 Å². The van der Waals surface area contributed by atoms with Crippen LogP contribution < -0.4 is 11.1 Å². The van der Waals surface area contributed by atoms with Crippen molar-refractivity contribution in [2.45, 2.75) is 32.2 Å². The predicted molar refractivity (Wildman–Crippen MR) is 80.4 cm³/mol. The number of benzene rings is 1. The molecule has 2 rings (SSSR count). The van der Waals surface area contributed by atoms with E-state index in [1.807, 2.05) is 31.2 Å². The van der Waals surface area contributed by atoms with Gasteiger partial charge in [0.25, 0.3) is 0 Å². The van der Waals surface area contributed by atoms with E-state index in [0.717, 1.165) is 12.0 Å². The van der Waals surface area contributed by atoms with Crippen LogP contribution in [0, 0.1) is 0 Å². The van der Waals surface area contributed by atoms with Crippen molar-refractivity contribution >= 4 is 11.6 Å². The van der Waals surface area contributed by atoms with E-state index >= 15 is 0 Å². The first-order valence-corrected chi connectivity index (χ1v) is 6.87. The van der Waals surface area contributed by atoms with Crippen LogP contribution in [-0.4, -0.2) is 31.7 Å². The number of carbonyl (C=O) groups is 1. The molecule has 1 aromatic heterocycles. The maximum Gasteiger partial charge on any atom is 0.244 e. The predicted octanol–water partition coefficient (Wildman–Crippen LogP) is 1.33. The first-order valence-electron chi connectivity index (χ1n) is 6.87. The van der Waals surface area contributed by atoms with Crippen molar-refractivity contribution in [1.82, 2.24) is 20.2 Å². The average Bonchev–Trinajstić information content (AvgIpc) is 2.85. The van der Waals surface area contributed by atoms with Crippen LogP contribution in [0.4, 0.5) is 5.69 Å². The molecule has 112 valence electrons. The van der Waals surface area contributed by atoms with Crippen LogP contribution in [-0.2, 0) is 11.8 Å². The Morgan fingerprint density at radius 3 is 2.86 bits per heavy atom. The molecule has 21 heavy (non-hydrogen) atoms. The van der Waals surface area contributed by atoms with Gasteiger partial charge < -0.3 is 11.1 Å². The Morgan fingerprint density at radius 2 is 2.24 bits per heavy atom. The number of aryl methyl sites for hydroxylation is 1. The Balaban J connectivity index is 2.19. The van der Waals surface area contributed by atoms with Crippen molar-refractivity contribution in [3.63, 3.8) is 0 Å². The normalized spacial score (nSPS) is 13.7. The van der Waals surface area contributed by atoms with Crippen LogP contribution in [0.3, 0.4) is 0 Å². The number of rotatable bonds is 5. The molecule has 0 bridgehead atoms. The number of hydrogen-bond donors (Lipinski definition) is 2. The molecule has 1 amide bonds. The summed E-state index contributed by atoms with van der Waals surface area (Å²) in [5, 5.41) is 14.2. The number of nitrogens with two attached hydrogens (primary N) is 1. The Hall–Kier alpha value is -2.28. The van der Waals surface area contributed by atoms with Gasteiger partial charge in [0.2, 0.25) is 5.91 Å². The van der Waals surface area contributed by atoms with Gasteiger partial charge in [0.05, 0.1) is 5.54 Å². The Bertz CT molecular complexity index is 634. The number of aromatic nitrogens is 4. The van der Waals surface area contributed by atoms with Crippen molar-refractivity contribution in [3.8, 4) is 11.4 Å². The lowest BCUT2D eigenvalue weighted by Crippen LogP contribution is -2.48. The van der Waals surface area contributed by atoms with Gasteiger partial charge in [0, 0.05) is 18.3 Å². The number of anilines is 1. The Kier molecular flexibility index (Phi) is 4.32. The second kappa shape index (κ2) is 6.01. The second-order valence-electron chi connectivity index (χ2n) is 5.33. The van der Waals surface area contributed by atoms with Crippen LogP contribution in [0.25, 0.3) is 11.4 Å². The summed E-state index contributed by atoms with van der Waals surface area (Å²) in [7, 11) is 1.76. The number of hydrogen-bond acceptors (Lipinski definition) is 5. The standard InChI is InChI=1S/C14H20N6O/c1-4-8-14(2,15)13(21)16-11-7-5-6-10(9-11)12-17-18-19-20(12)3/h5-7,9H,4,8,15H2,1-3H3,(H,16,21). The van der Waals surface area contributed by atoms with Gasteiger partial charge in [-0.2, -0.15) is 0 Å². The van der Waals surface area contributed by atoms with Crippen molar-refractivity contribution in [1.29, 1.82) is 0 Å². The molecule has 0 radical (unpaired) electrons. The first kappa shape index (κ1) is 15.1. The zero-order valence-electron chi connectivity index (χ0n) is 12.5. The van der Waals surface area contributed by atoms with E-state index in [4.69, 9.17) is 5.73 Å². The highest BCUT2D eigenvalue weighted by Gasteiger charge is 2.27. The summed E-state index contributed by atoms with van der Waals surface area (Å²) in [4.78, 5) is 12.2. The third-order valence-corrected chi connectivity index (χ3v) is 3.29. The molecular formula is C14H20N6O. The second-order valence-corrected chi connectivity index (χ2v) is 5.33. The fourth-order valence-electron chi connectivity index (χ4n) is 2.12. The fourth-order valence-corrected chi connectivity index (χ4v) is 2.12. The number of amides is 1. The van der Waals surface area contributed by atoms with Crippen LogP contribution in [0.5, 0.6) is 0 Å². The number of tetrazole rings is 1. The maximum atomic E-state index is 12.2. The van der Waals surface area contributed by atoms with E-state index < -0.39 is 5.54 Å². The highest BCUT2D eigenvalue weighted by atomic mass is 16.2. The van der Waals surface area contributed by atoms with E-state index in [9.17, 15) is 4.79 Å². The van der Waals surface area contributed by atoms with E-state index in [1.165, 1.54) is 0 Å². The molecular weight excluding hydrogens is 268 g/mol. The SMILES string of the molecule is CCCC(C)(N)C(=O)Nc1cccc(-c2nnnn2C)c1. The minimum Gasteiger partial charge on any atom is -0.324 e. The number of nitrogens with zero attached hydrogens (tertiary/aromatic N) is 4. The minimum atomic E-state index is -0.878. The molecule has 1 unspecified atom stereocenters. The van der Waals surface area contributed by atoms with Crippen molar-refractivity contribution < 1.29 is 4.79 Å². The summed E-state index contributed by atoms with van der Waals surface area (Å²) < 4.78 is 1.57. The summed E-state index contributed by atoms with van der Waals surface area (Å²) in [5.41, 5.74) is 6.65. The van der Waals surface area contributed by atoms with Gasteiger partial charge in [0.1, 0.15) is 0 Å². The third kappa shape index (κ3) is 3.43. The Morgan fingerprint density at radius 1 is 1.48 bits per heavy atom. The molecule has 7 heteroatoms. The summed E-state index contributed by atoms with van der Waals surface area (Å²) >= 11 is 0. The van der Waals surface area contributed by atoms with E-state index in [1.54, 1.807) is 18.7 Å². The first-order chi connectivity index (χ1) is 9.94. The van der Waals surface area contributed by atoms with Crippen LogP contribution in [0.15, 0.2) is 24.3 Å². The quantitative estimate of drug-likeness (QED) is 0.865. The van der Waals surface area contributed by atoms with Crippen LogP contribution in [0.1, 0.15) is 26.7 Å². The number of nitrogens with one attached hydrogen (secondary N) is 1. The molecule has 0 saturated heterocycles. The van der Waals surface area contributed by atoms with Gasteiger partial charge in [-0.05, 0) is 35.9 Å². The summed E-state index contributed by atoms with van der Waals surface area (Å²) in [6.45, 7) is 3.74.